The molecular formula is C14H18F3NO2. The van der Waals surface area contributed by atoms with Crippen LogP contribution in [-0.4, -0.2) is 17.9 Å². The fourth-order valence-electron chi connectivity index (χ4n) is 1.47. The number of carbonyl (C=O) groups excluding carboxylic acids is 1. The Labute approximate surface area is 116 Å². The van der Waals surface area contributed by atoms with Crippen molar-refractivity contribution in [2.45, 2.75) is 45.4 Å². The highest BCUT2D eigenvalue weighted by molar-refractivity contribution is 5.84. The summed E-state index contributed by atoms with van der Waals surface area (Å²) in [5.41, 5.74) is -0.0981. The van der Waals surface area contributed by atoms with E-state index >= 15 is 0 Å². The van der Waals surface area contributed by atoms with Crippen LogP contribution in [0.15, 0.2) is 24.3 Å². The highest BCUT2D eigenvalue weighted by atomic mass is 19.4. The summed E-state index contributed by atoms with van der Waals surface area (Å²) in [4.78, 5) is 11.5. The van der Waals surface area contributed by atoms with E-state index < -0.39 is 23.8 Å². The zero-order valence-electron chi connectivity index (χ0n) is 11.8. The van der Waals surface area contributed by atoms with Gasteiger partial charge in [0.15, 0.2) is 0 Å². The average molecular weight is 289 g/mol. The Balaban J connectivity index is 2.70. The highest BCUT2D eigenvalue weighted by Gasteiger charge is 2.36. The lowest BCUT2D eigenvalue weighted by Gasteiger charge is -2.20. The summed E-state index contributed by atoms with van der Waals surface area (Å²) in [6.07, 6.45) is -4.92. The lowest BCUT2D eigenvalue weighted by atomic mass is 10.0. The third-order valence-corrected chi connectivity index (χ3v) is 2.55. The number of alkyl halides is 3. The molecule has 0 radical (unpaired) electrons. The Hall–Kier alpha value is -1.72. The number of halogens is 3. The molecule has 0 spiro atoms. The number of nitrogens with one attached hydrogen (secondary N) is 1. The van der Waals surface area contributed by atoms with Crippen LogP contribution >= 0.6 is 0 Å². The van der Waals surface area contributed by atoms with Gasteiger partial charge in [-0.15, -0.1) is 0 Å². The van der Waals surface area contributed by atoms with Crippen molar-refractivity contribution in [1.82, 2.24) is 0 Å². The predicted molar refractivity (Wildman–Crippen MR) is 70.8 cm³/mol. The molecule has 1 atom stereocenters. The first-order valence-corrected chi connectivity index (χ1v) is 6.16. The summed E-state index contributed by atoms with van der Waals surface area (Å²) in [6, 6.07) is 5.51. The van der Waals surface area contributed by atoms with Crippen LogP contribution in [-0.2, 0) is 4.74 Å². The third-order valence-electron chi connectivity index (χ3n) is 2.55. The minimum absolute atomic E-state index is 0.146. The van der Waals surface area contributed by atoms with E-state index in [1.807, 2.05) is 0 Å². The van der Waals surface area contributed by atoms with Gasteiger partial charge in [-0.05, 0) is 45.4 Å². The smallest absolute Gasteiger partial charge is 0.412 e. The van der Waals surface area contributed by atoms with Crippen molar-refractivity contribution in [2.75, 3.05) is 5.32 Å². The zero-order valence-corrected chi connectivity index (χ0v) is 11.8. The minimum Gasteiger partial charge on any atom is -0.444 e. The lowest BCUT2D eigenvalue weighted by molar-refractivity contribution is -0.146. The standard InChI is InChI=1S/C14H18F3NO2/c1-9(14(15,16)17)10-5-7-11(8-6-10)18-12(19)20-13(2,3)4/h5-9H,1-4H3,(H,18,19). The SMILES string of the molecule is CC(c1ccc(NC(=O)OC(C)(C)C)cc1)C(F)(F)F. The summed E-state index contributed by atoms with van der Waals surface area (Å²) < 4.78 is 42.7. The Bertz CT molecular complexity index is 461. The molecule has 20 heavy (non-hydrogen) atoms. The van der Waals surface area contributed by atoms with E-state index in [1.54, 1.807) is 20.8 Å². The molecule has 6 heteroatoms. The molecule has 0 aromatic heterocycles. The predicted octanol–water partition coefficient (Wildman–Crippen LogP) is 4.70. The quantitative estimate of drug-likeness (QED) is 0.857. The highest BCUT2D eigenvalue weighted by Crippen LogP contribution is 2.34. The molecular weight excluding hydrogens is 271 g/mol. The fourth-order valence-corrected chi connectivity index (χ4v) is 1.47. The van der Waals surface area contributed by atoms with Gasteiger partial charge >= 0.3 is 12.3 Å². The number of ether oxygens (including phenoxy) is 1. The van der Waals surface area contributed by atoms with Gasteiger partial charge in [0.2, 0.25) is 0 Å². The largest absolute Gasteiger partial charge is 0.444 e. The number of benzene rings is 1. The van der Waals surface area contributed by atoms with E-state index in [1.165, 1.54) is 24.3 Å². The van der Waals surface area contributed by atoms with Crippen molar-refractivity contribution in [3.63, 3.8) is 0 Å². The molecule has 0 saturated carbocycles. The summed E-state index contributed by atoms with van der Waals surface area (Å²) in [5.74, 6) is -1.54. The van der Waals surface area contributed by atoms with E-state index in [2.05, 4.69) is 5.32 Å². The summed E-state index contributed by atoms with van der Waals surface area (Å²) >= 11 is 0. The zero-order chi connectivity index (χ0) is 15.6. The number of hydrogen-bond donors (Lipinski definition) is 1. The number of anilines is 1. The second-order valence-electron chi connectivity index (χ2n) is 5.51. The second kappa shape index (κ2) is 5.73. The molecule has 0 saturated heterocycles. The molecule has 3 nitrogen and oxygen atoms in total. The molecule has 0 heterocycles. The number of rotatable bonds is 2. The van der Waals surface area contributed by atoms with Crippen LogP contribution in [0, 0.1) is 0 Å². The first-order valence-electron chi connectivity index (χ1n) is 6.16. The Kier molecular flexibility index (Phi) is 4.68. The first-order chi connectivity index (χ1) is 8.99. The van der Waals surface area contributed by atoms with E-state index in [4.69, 9.17) is 4.74 Å². The Morgan fingerprint density at radius 1 is 1.15 bits per heavy atom. The van der Waals surface area contributed by atoms with Crippen molar-refractivity contribution in [1.29, 1.82) is 0 Å². The summed E-state index contributed by atoms with van der Waals surface area (Å²) in [6.45, 7) is 6.26. The molecule has 0 aliphatic rings. The van der Waals surface area contributed by atoms with Crippen molar-refractivity contribution < 1.29 is 22.7 Å². The molecule has 1 aromatic carbocycles. The van der Waals surface area contributed by atoms with Crippen LogP contribution < -0.4 is 5.32 Å². The Morgan fingerprint density at radius 2 is 1.65 bits per heavy atom. The maximum absolute atomic E-state index is 12.5. The Morgan fingerprint density at radius 3 is 2.05 bits per heavy atom. The van der Waals surface area contributed by atoms with E-state index in [9.17, 15) is 18.0 Å². The van der Waals surface area contributed by atoms with Gasteiger partial charge in [-0.2, -0.15) is 13.2 Å². The van der Waals surface area contributed by atoms with E-state index in [0.29, 0.717) is 5.69 Å². The molecule has 1 rings (SSSR count). The lowest BCUT2D eigenvalue weighted by Crippen LogP contribution is -2.27. The van der Waals surface area contributed by atoms with Gasteiger partial charge in [-0.1, -0.05) is 12.1 Å². The maximum atomic E-state index is 12.5. The number of hydrogen-bond acceptors (Lipinski definition) is 2. The topological polar surface area (TPSA) is 38.3 Å². The monoisotopic (exact) mass is 289 g/mol. The van der Waals surface area contributed by atoms with Gasteiger partial charge in [0.25, 0.3) is 0 Å². The van der Waals surface area contributed by atoms with Crippen LogP contribution in [0.2, 0.25) is 0 Å². The van der Waals surface area contributed by atoms with Crippen molar-refractivity contribution in [3.8, 4) is 0 Å². The van der Waals surface area contributed by atoms with Crippen LogP contribution in [0.3, 0.4) is 0 Å². The van der Waals surface area contributed by atoms with Crippen LogP contribution in [0.4, 0.5) is 23.7 Å². The van der Waals surface area contributed by atoms with Gasteiger partial charge in [0.1, 0.15) is 5.60 Å². The molecule has 0 fully saturated rings. The fraction of sp³-hybridized carbons (Fsp3) is 0.500. The number of carbonyl (C=O) groups is 1. The van der Waals surface area contributed by atoms with Crippen LogP contribution in [0.1, 0.15) is 39.2 Å². The molecule has 0 bridgehead atoms. The van der Waals surface area contributed by atoms with Gasteiger partial charge in [0, 0.05) is 5.69 Å². The summed E-state index contributed by atoms with van der Waals surface area (Å²) in [7, 11) is 0. The van der Waals surface area contributed by atoms with Crippen molar-refractivity contribution in [3.05, 3.63) is 29.8 Å². The van der Waals surface area contributed by atoms with Crippen LogP contribution in [0.5, 0.6) is 0 Å². The minimum atomic E-state index is -4.28. The molecule has 1 amide bonds. The van der Waals surface area contributed by atoms with Gasteiger partial charge < -0.3 is 4.74 Å². The van der Waals surface area contributed by atoms with E-state index in [0.717, 1.165) is 6.92 Å². The second-order valence-corrected chi connectivity index (χ2v) is 5.51. The van der Waals surface area contributed by atoms with Crippen molar-refractivity contribution in [2.24, 2.45) is 0 Å². The van der Waals surface area contributed by atoms with Gasteiger partial charge in [-0.3, -0.25) is 5.32 Å². The molecule has 1 unspecified atom stereocenters. The average Bonchev–Trinajstić information content (AvgIpc) is 2.25. The number of amides is 1. The van der Waals surface area contributed by atoms with Gasteiger partial charge in [0.05, 0.1) is 5.92 Å². The molecule has 112 valence electrons. The summed E-state index contributed by atoms with van der Waals surface area (Å²) in [5, 5.41) is 2.46. The first kappa shape index (κ1) is 16.3. The van der Waals surface area contributed by atoms with E-state index in [-0.39, 0.29) is 5.56 Å². The van der Waals surface area contributed by atoms with Gasteiger partial charge in [-0.25, -0.2) is 4.79 Å². The van der Waals surface area contributed by atoms with Crippen LogP contribution in [0.25, 0.3) is 0 Å². The maximum Gasteiger partial charge on any atom is 0.412 e. The molecule has 0 aliphatic heterocycles. The molecule has 1 N–H and O–H groups in total. The molecule has 0 aliphatic carbocycles. The molecule has 1 aromatic rings. The normalized spacial score (nSPS) is 13.8. The van der Waals surface area contributed by atoms with Crippen molar-refractivity contribution >= 4 is 11.8 Å². The third kappa shape index (κ3) is 5.11.